The van der Waals surface area contributed by atoms with Crippen LogP contribution < -0.4 is 4.72 Å². The van der Waals surface area contributed by atoms with Gasteiger partial charge >= 0.3 is 5.97 Å². The molecule has 0 saturated carbocycles. The van der Waals surface area contributed by atoms with Crippen molar-refractivity contribution in [3.05, 3.63) is 76.4 Å². The van der Waals surface area contributed by atoms with Gasteiger partial charge in [-0.15, -0.1) is 0 Å². The Morgan fingerprint density at radius 3 is 2.74 bits per heavy atom. The summed E-state index contributed by atoms with van der Waals surface area (Å²) >= 11 is 0. The smallest absolute Gasteiger partial charge is 0.329 e. The first-order chi connectivity index (χ1) is 18.6. The first-order valence-corrected chi connectivity index (χ1v) is 14.5. The summed E-state index contributed by atoms with van der Waals surface area (Å²) in [6.07, 6.45) is 3.02. The third-order valence-corrected chi connectivity index (χ3v) is 8.62. The van der Waals surface area contributed by atoms with E-state index in [-0.39, 0.29) is 24.5 Å². The fourth-order valence-corrected chi connectivity index (χ4v) is 6.29. The molecule has 2 heterocycles. The molecule has 1 amide bonds. The van der Waals surface area contributed by atoms with E-state index in [1.54, 1.807) is 43.3 Å². The van der Waals surface area contributed by atoms with Crippen LogP contribution in [0, 0.1) is 11.3 Å². The van der Waals surface area contributed by atoms with Crippen LogP contribution in [-0.4, -0.2) is 68.9 Å². The molecule has 10 heteroatoms. The van der Waals surface area contributed by atoms with Crippen molar-refractivity contribution in [1.82, 2.24) is 14.5 Å². The molecule has 206 valence electrons. The van der Waals surface area contributed by atoms with Crippen LogP contribution in [0.4, 0.5) is 0 Å². The number of sulfonamides is 1. The lowest BCUT2D eigenvalue weighted by molar-refractivity contribution is -0.155. The van der Waals surface area contributed by atoms with E-state index in [1.807, 2.05) is 26.1 Å². The average Bonchev–Trinajstić information content (AvgIpc) is 2.92. The van der Waals surface area contributed by atoms with Crippen LogP contribution in [0.1, 0.15) is 42.5 Å². The van der Waals surface area contributed by atoms with Crippen LogP contribution in [0.25, 0.3) is 0 Å². The Bertz CT molecular complexity index is 1430. The second-order valence-electron chi connectivity index (χ2n) is 10.1. The number of rotatable bonds is 8. The van der Waals surface area contributed by atoms with Crippen LogP contribution in [0.5, 0.6) is 0 Å². The molecule has 2 aromatic carbocycles. The van der Waals surface area contributed by atoms with E-state index in [1.165, 1.54) is 4.90 Å². The summed E-state index contributed by atoms with van der Waals surface area (Å²) in [5, 5.41) is 9.33. The molecule has 0 saturated heterocycles. The van der Waals surface area contributed by atoms with Gasteiger partial charge in [-0.1, -0.05) is 29.8 Å². The molecule has 4 rings (SSSR count). The monoisotopic (exact) mass is 550 g/mol. The number of fused-ring (bicyclic) bond motifs is 1. The zero-order valence-electron chi connectivity index (χ0n) is 22.5. The first kappa shape index (κ1) is 28.5. The fourth-order valence-electron chi connectivity index (χ4n) is 5.05. The lowest BCUT2D eigenvalue weighted by Gasteiger charge is -2.35. The Kier molecular flexibility index (Phi) is 8.85. The number of nitrogens with zero attached hydrogens (tertiary/aromatic N) is 3. The molecular weight excluding hydrogens is 516 g/mol. The van der Waals surface area contributed by atoms with Gasteiger partial charge in [-0.05, 0) is 81.1 Å². The zero-order chi connectivity index (χ0) is 28.2. The van der Waals surface area contributed by atoms with E-state index in [0.29, 0.717) is 24.1 Å². The lowest BCUT2D eigenvalue weighted by Crippen LogP contribution is -2.56. The van der Waals surface area contributed by atoms with Crippen molar-refractivity contribution in [2.24, 2.45) is 0 Å². The van der Waals surface area contributed by atoms with Gasteiger partial charge in [-0.2, -0.15) is 9.98 Å². The van der Waals surface area contributed by atoms with Crippen LogP contribution in [0.3, 0.4) is 0 Å². The van der Waals surface area contributed by atoms with Crippen molar-refractivity contribution in [2.75, 3.05) is 26.7 Å². The van der Waals surface area contributed by atoms with Gasteiger partial charge in [0.05, 0.1) is 23.1 Å². The summed E-state index contributed by atoms with van der Waals surface area (Å²) in [4.78, 5) is 30.3. The van der Waals surface area contributed by atoms with E-state index in [4.69, 9.17) is 4.74 Å². The van der Waals surface area contributed by atoms with Gasteiger partial charge in [0, 0.05) is 19.6 Å². The number of hydrogen-bond donors (Lipinski definition) is 1. The number of hydrogen-bond acceptors (Lipinski definition) is 7. The Hall–Kier alpha value is -3.52. The van der Waals surface area contributed by atoms with Gasteiger partial charge in [-0.3, -0.25) is 4.79 Å². The summed E-state index contributed by atoms with van der Waals surface area (Å²) in [6, 6.07) is 11.8. The number of esters is 1. The Balaban J connectivity index is 1.68. The maximum absolute atomic E-state index is 14.0. The highest BCUT2D eigenvalue weighted by molar-refractivity contribution is 7.89. The molecule has 0 bridgehead atoms. The van der Waals surface area contributed by atoms with Crippen LogP contribution in [0.2, 0.25) is 0 Å². The van der Waals surface area contributed by atoms with Gasteiger partial charge in [0.1, 0.15) is 12.1 Å². The van der Waals surface area contributed by atoms with Gasteiger partial charge in [0.2, 0.25) is 15.9 Å². The number of carbonyl (C=O) groups excluding carboxylic acids is 2. The van der Waals surface area contributed by atoms with Crippen molar-refractivity contribution in [1.29, 1.82) is 5.26 Å². The minimum atomic E-state index is -4.10. The molecule has 1 N–H and O–H groups in total. The number of ether oxygens (including phenoxy) is 1. The van der Waals surface area contributed by atoms with Crippen molar-refractivity contribution in [3.8, 4) is 6.07 Å². The van der Waals surface area contributed by atoms with E-state index >= 15 is 0 Å². The highest BCUT2D eigenvalue weighted by atomic mass is 32.2. The number of nitriles is 1. The minimum Gasteiger partial charge on any atom is -0.464 e. The maximum Gasteiger partial charge on any atom is 0.329 e. The lowest BCUT2D eigenvalue weighted by atomic mass is 9.98. The highest BCUT2D eigenvalue weighted by Crippen LogP contribution is 2.24. The van der Waals surface area contributed by atoms with E-state index in [9.17, 15) is 23.3 Å². The molecule has 2 aromatic rings. The molecule has 0 unspecified atom stereocenters. The van der Waals surface area contributed by atoms with Gasteiger partial charge in [0.15, 0.2) is 0 Å². The third kappa shape index (κ3) is 6.74. The fraction of sp³-hybridized carbons (Fsp3) is 0.414. The van der Waals surface area contributed by atoms with Crippen molar-refractivity contribution >= 4 is 21.9 Å². The van der Waals surface area contributed by atoms with Crippen molar-refractivity contribution < 1.29 is 22.7 Å². The van der Waals surface area contributed by atoms with Gasteiger partial charge in [0.25, 0.3) is 0 Å². The van der Waals surface area contributed by atoms with E-state index < -0.39 is 34.0 Å². The molecule has 0 fully saturated rings. The molecule has 39 heavy (non-hydrogen) atoms. The van der Waals surface area contributed by atoms with E-state index in [2.05, 4.69) is 15.7 Å². The molecule has 2 atom stereocenters. The van der Waals surface area contributed by atoms with Crippen molar-refractivity contribution in [2.45, 2.75) is 56.6 Å². The third-order valence-electron chi connectivity index (χ3n) is 7.15. The summed E-state index contributed by atoms with van der Waals surface area (Å²) < 4.78 is 35.1. The Morgan fingerprint density at radius 2 is 2.00 bits per heavy atom. The molecule has 0 aromatic heterocycles. The number of nitrogens with one attached hydrogen (secondary N) is 1. The van der Waals surface area contributed by atoms with Crippen molar-refractivity contribution in [3.63, 3.8) is 0 Å². The second-order valence-corrected chi connectivity index (χ2v) is 11.8. The SMILES string of the molecule is CCOC(=O)[C@@H]1CC(C)=CCN1C(=O)[C@H](Cc1cccc(C#N)c1)NS(=O)(=O)c1ccc2c(c1)CN(C)CC2. The van der Waals surface area contributed by atoms with Gasteiger partial charge < -0.3 is 14.5 Å². The molecular formula is C29H34N4O5S. The summed E-state index contributed by atoms with van der Waals surface area (Å²) in [6.45, 7) is 5.46. The first-order valence-electron chi connectivity index (χ1n) is 13.1. The predicted molar refractivity (Wildman–Crippen MR) is 146 cm³/mol. The summed E-state index contributed by atoms with van der Waals surface area (Å²) in [5.41, 5.74) is 4.03. The van der Waals surface area contributed by atoms with Crippen LogP contribution >= 0.6 is 0 Å². The number of likely N-dealkylation sites (N-methyl/N-ethyl adjacent to an activating group) is 1. The minimum absolute atomic E-state index is 0.00992. The Labute approximate surface area is 230 Å². The molecule has 0 radical (unpaired) electrons. The molecule has 2 aliphatic rings. The standard InChI is InChI=1S/C29H34N4O5S/c1-4-38-29(35)27-14-20(2)10-13-33(27)28(34)26(16-21-6-5-7-22(15-21)18-30)31-39(36,37)25-9-8-23-11-12-32(3)19-24(23)17-25/h5-10,15,17,26-27,31H,4,11-14,16,19H2,1-3H3/t26-,27-/m0/s1. The molecule has 0 spiro atoms. The topological polar surface area (TPSA) is 120 Å². The van der Waals surface area contributed by atoms with Gasteiger partial charge in [-0.25, -0.2) is 13.2 Å². The quantitative estimate of drug-likeness (QED) is 0.396. The van der Waals surface area contributed by atoms with E-state index in [0.717, 1.165) is 29.7 Å². The largest absolute Gasteiger partial charge is 0.464 e. The predicted octanol–water partition coefficient (Wildman–Crippen LogP) is 2.55. The summed E-state index contributed by atoms with van der Waals surface area (Å²) in [5.74, 6) is -1.05. The zero-order valence-corrected chi connectivity index (χ0v) is 23.3. The Morgan fingerprint density at radius 1 is 1.21 bits per heavy atom. The van der Waals surface area contributed by atoms with Crippen LogP contribution in [0.15, 0.2) is 59.0 Å². The summed E-state index contributed by atoms with van der Waals surface area (Å²) in [7, 11) is -2.11. The molecule has 0 aliphatic carbocycles. The highest BCUT2D eigenvalue weighted by Gasteiger charge is 2.38. The number of benzene rings is 2. The second kappa shape index (κ2) is 12.1. The number of amides is 1. The van der Waals surface area contributed by atoms with Crippen LogP contribution in [-0.2, 0) is 43.7 Å². The number of carbonyl (C=O) groups is 2. The maximum atomic E-state index is 14.0. The molecule has 2 aliphatic heterocycles. The average molecular weight is 551 g/mol. The normalized spacial score (nSPS) is 18.5. The molecule has 9 nitrogen and oxygen atoms in total.